The molecule has 140 valence electrons. The first kappa shape index (κ1) is 17.6. The Morgan fingerprint density at radius 2 is 2.19 bits per heavy atom. The van der Waals surface area contributed by atoms with E-state index in [1.54, 1.807) is 11.3 Å². The van der Waals surface area contributed by atoms with E-state index in [0.717, 1.165) is 67.5 Å². The fraction of sp³-hybridized carbons (Fsp3) is 0.611. The minimum atomic E-state index is -0.380. The van der Waals surface area contributed by atoms with Gasteiger partial charge >= 0.3 is 0 Å². The number of hydrogen-bond donors (Lipinski definition) is 3. The smallest absolute Gasteiger partial charge is 0.236 e. The Morgan fingerprint density at radius 1 is 1.38 bits per heavy atom. The summed E-state index contributed by atoms with van der Waals surface area (Å²) >= 11 is 1.79. The van der Waals surface area contributed by atoms with Crippen molar-refractivity contribution >= 4 is 33.3 Å². The molecule has 1 aliphatic heterocycles. The Labute approximate surface area is 156 Å². The molecule has 2 aliphatic rings. The van der Waals surface area contributed by atoms with Crippen LogP contribution < -0.4 is 16.0 Å². The van der Waals surface area contributed by atoms with Gasteiger partial charge in [-0.1, -0.05) is 6.92 Å². The second kappa shape index (κ2) is 7.46. The number of quaternary nitrogens is 1. The van der Waals surface area contributed by atoms with Crippen molar-refractivity contribution in [3.63, 3.8) is 0 Å². The fourth-order valence-electron chi connectivity index (χ4n) is 3.82. The highest BCUT2D eigenvalue weighted by Gasteiger charge is 2.25. The van der Waals surface area contributed by atoms with E-state index >= 15 is 0 Å². The molecule has 0 spiro atoms. The van der Waals surface area contributed by atoms with E-state index in [1.807, 2.05) is 0 Å². The van der Waals surface area contributed by atoms with Gasteiger partial charge in [0.2, 0.25) is 5.91 Å². The number of nitrogens with two attached hydrogens (primary N) is 1. The number of thiophene rings is 1. The van der Waals surface area contributed by atoms with Gasteiger partial charge in [0.05, 0.1) is 25.1 Å². The molecule has 3 heterocycles. The van der Waals surface area contributed by atoms with Crippen LogP contribution in [0.15, 0.2) is 0 Å². The molecule has 0 radical (unpaired) electrons. The predicted octanol–water partition coefficient (Wildman–Crippen LogP) is 0.128. The zero-order chi connectivity index (χ0) is 18.1. The van der Waals surface area contributed by atoms with Crippen LogP contribution >= 0.6 is 11.3 Å². The lowest BCUT2D eigenvalue weighted by Gasteiger charge is -2.23. The van der Waals surface area contributed by atoms with Crippen LogP contribution in [0, 0.1) is 5.92 Å². The van der Waals surface area contributed by atoms with Crippen molar-refractivity contribution in [2.45, 2.75) is 32.7 Å². The highest BCUT2D eigenvalue weighted by molar-refractivity contribution is 7.19. The molecule has 1 fully saturated rings. The van der Waals surface area contributed by atoms with Crippen LogP contribution in [-0.2, 0) is 28.9 Å². The third-order valence-electron chi connectivity index (χ3n) is 5.24. The number of nitrogens with one attached hydrogen (secondary N) is 2. The number of fused-ring (bicyclic) bond motifs is 3. The summed E-state index contributed by atoms with van der Waals surface area (Å²) in [5.74, 6) is 1.93. The van der Waals surface area contributed by atoms with Crippen molar-refractivity contribution < 1.29 is 14.4 Å². The lowest BCUT2D eigenvalue weighted by Crippen LogP contribution is -3.12. The standard InChI is InChI=1S/C18H25N5O2S/c1-11-2-3-12-13(8-11)26-18-16(12)17(20-9-14(19)24)21-15(22-18)10-23-4-6-25-7-5-23/h11H,2-10H2,1H3,(H2,19,24)(H,20,21,22)/p+1/t11-/m1/s1. The summed E-state index contributed by atoms with van der Waals surface area (Å²) < 4.78 is 5.44. The lowest BCUT2D eigenvalue weighted by molar-refractivity contribution is -0.922. The monoisotopic (exact) mass is 376 g/mol. The number of anilines is 1. The van der Waals surface area contributed by atoms with Gasteiger partial charge in [-0.2, -0.15) is 0 Å². The molecular weight excluding hydrogens is 350 g/mol. The van der Waals surface area contributed by atoms with Gasteiger partial charge in [0.25, 0.3) is 0 Å². The van der Waals surface area contributed by atoms with Crippen molar-refractivity contribution in [2.75, 3.05) is 38.2 Å². The number of aryl methyl sites for hydroxylation is 1. The topological polar surface area (TPSA) is 94.6 Å². The number of amides is 1. The number of nitrogens with zero attached hydrogens (tertiary/aromatic N) is 2. The molecule has 0 saturated carbocycles. The summed E-state index contributed by atoms with van der Waals surface area (Å²) in [7, 11) is 0. The van der Waals surface area contributed by atoms with Crippen molar-refractivity contribution in [3.05, 3.63) is 16.3 Å². The second-order valence-corrected chi connectivity index (χ2v) is 8.46. The van der Waals surface area contributed by atoms with Gasteiger partial charge in [0, 0.05) is 4.88 Å². The van der Waals surface area contributed by atoms with Crippen molar-refractivity contribution in [1.82, 2.24) is 9.97 Å². The summed E-state index contributed by atoms with van der Waals surface area (Å²) in [5.41, 5.74) is 6.70. The summed E-state index contributed by atoms with van der Waals surface area (Å²) in [4.78, 5) is 24.8. The third-order valence-corrected chi connectivity index (χ3v) is 6.39. The van der Waals surface area contributed by atoms with Crippen molar-refractivity contribution in [2.24, 2.45) is 11.7 Å². The molecule has 2 aromatic heterocycles. The van der Waals surface area contributed by atoms with E-state index in [4.69, 9.17) is 20.4 Å². The molecule has 1 amide bonds. The number of aromatic nitrogens is 2. The van der Waals surface area contributed by atoms with Crippen LogP contribution in [0.25, 0.3) is 10.2 Å². The highest BCUT2D eigenvalue weighted by atomic mass is 32.1. The maximum Gasteiger partial charge on any atom is 0.236 e. The number of hydrogen-bond acceptors (Lipinski definition) is 6. The number of carbonyl (C=O) groups is 1. The first-order valence-electron chi connectivity index (χ1n) is 9.35. The van der Waals surface area contributed by atoms with E-state index in [1.165, 1.54) is 21.8 Å². The number of morpholine rings is 1. The maximum absolute atomic E-state index is 11.3. The molecule has 7 nitrogen and oxygen atoms in total. The number of carbonyl (C=O) groups excluding carboxylic acids is 1. The molecule has 2 aromatic rings. The molecule has 0 unspecified atom stereocenters. The molecular formula is C18H26N5O2S+. The van der Waals surface area contributed by atoms with Crippen LogP contribution in [0.2, 0.25) is 0 Å². The van der Waals surface area contributed by atoms with E-state index in [0.29, 0.717) is 5.92 Å². The summed E-state index contributed by atoms with van der Waals surface area (Å²) in [5, 5.41) is 4.26. The third kappa shape index (κ3) is 3.67. The molecule has 4 N–H and O–H groups in total. The Bertz CT molecular complexity index is 816. The molecule has 1 saturated heterocycles. The number of ether oxygens (including phenoxy) is 1. The van der Waals surface area contributed by atoms with E-state index in [9.17, 15) is 4.79 Å². The first-order chi connectivity index (χ1) is 12.6. The molecule has 1 aliphatic carbocycles. The largest absolute Gasteiger partial charge is 0.370 e. The molecule has 0 aromatic carbocycles. The van der Waals surface area contributed by atoms with Gasteiger partial charge in [-0.25, -0.2) is 9.97 Å². The Morgan fingerprint density at radius 3 is 2.96 bits per heavy atom. The molecule has 4 rings (SSSR count). The second-order valence-electron chi connectivity index (χ2n) is 7.38. The van der Waals surface area contributed by atoms with E-state index in [2.05, 4.69) is 12.2 Å². The average Bonchev–Trinajstić information content (AvgIpc) is 2.97. The van der Waals surface area contributed by atoms with Crippen molar-refractivity contribution in [3.8, 4) is 0 Å². The van der Waals surface area contributed by atoms with Crippen molar-refractivity contribution in [1.29, 1.82) is 0 Å². The van der Waals surface area contributed by atoms with Crippen LogP contribution in [0.5, 0.6) is 0 Å². The van der Waals surface area contributed by atoms with Crippen LogP contribution in [0.1, 0.15) is 29.6 Å². The molecule has 26 heavy (non-hydrogen) atoms. The minimum Gasteiger partial charge on any atom is -0.370 e. The van der Waals surface area contributed by atoms with Gasteiger partial charge in [-0.05, 0) is 30.7 Å². The van der Waals surface area contributed by atoms with Crippen LogP contribution in [0.4, 0.5) is 5.82 Å². The highest BCUT2D eigenvalue weighted by Crippen LogP contribution is 2.39. The van der Waals surface area contributed by atoms with Crippen LogP contribution in [0.3, 0.4) is 0 Å². The molecule has 0 bridgehead atoms. The summed E-state index contributed by atoms with van der Waals surface area (Å²) in [6.45, 7) is 6.71. The summed E-state index contributed by atoms with van der Waals surface area (Å²) in [6, 6.07) is 0. The Kier molecular flexibility index (Phi) is 5.06. The quantitative estimate of drug-likeness (QED) is 0.690. The average molecular weight is 377 g/mol. The van der Waals surface area contributed by atoms with Crippen LogP contribution in [-0.4, -0.2) is 48.7 Å². The van der Waals surface area contributed by atoms with Gasteiger partial charge in [0.15, 0.2) is 5.82 Å². The number of primary amides is 1. The van der Waals surface area contributed by atoms with Gasteiger partial charge in [0.1, 0.15) is 30.3 Å². The lowest BCUT2D eigenvalue weighted by atomic mass is 9.89. The van der Waals surface area contributed by atoms with E-state index in [-0.39, 0.29) is 12.5 Å². The molecule has 8 heteroatoms. The van der Waals surface area contributed by atoms with Gasteiger partial charge < -0.3 is 20.7 Å². The Balaban J connectivity index is 1.70. The zero-order valence-corrected chi connectivity index (χ0v) is 16.0. The normalized spacial score (nSPS) is 20.9. The predicted molar refractivity (Wildman–Crippen MR) is 102 cm³/mol. The first-order valence-corrected chi connectivity index (χ1v) is 10.2. The molecule has 1 atom stereocenters. The van der Waals surface area contributed by atoms with Gasteiger partial charge in [-0.15, -0.1) is 11.3 Å². The van der Waals surface area contributed by atoms with Gasteiger partial charge in [-0.3, -0.25) is 4.79 Å². The maximum atomic E-state index is 11.3. The van der Waals surface area contributed by atoms with E-state index < -0.39 is 0 Å². The number of rotatable bonds is 5. The zero-order valence-electron chi connectivity index (χ0n) is 15.1. The SMILES string of the molecule is C[C@@H]1CCc2c(sc3nc(C[NH+]4CCOCC4)nc(NCC(N)=O)c23)C1. The minimum absolute atomic E-state index is 0.0942. The summed E-state index contributed by atoms with van der Waals surface area (Å²) in [6.07, 6.45) is 3.35. The fourth-order valence-corrected chi connectivity index (χ4v) is 5.23. The Hall–Kier alpha value is -1.77.